The number of ether oxygens (including phenoxy) is 6. The van der Waals surface area contributed by atoms with Gasteiger partial charge in [0.25, 0.3) is 0 Å². The summed E-state index contributed by atoms with van der Waals surface area (Å²) in [5.41, 5.74) is -2.07. The average Bonchev–Trinajstić information content (AvgIpc) is 3.26. The molecule has 9 nitrogen and oxygen atoms in total. The van der Waals surface area contributed by atoms with Crippen molar-refractivity contribution in [2.24, 2.45) is 28.6 Å². The molecule has 9 heteroatoms. The maximum absolute atomic E-state index is 12.3. The average molecular weight is 495 g/mol. The van der Waals surface area contributed by atoms with E-state index in [2.05, 4.69) is 13.8 Å². The first kappa shape index (κ1) is 25.0. The Morgan fingerprint density at radius 1 is 0.943 bits per heavy atom. The summed E-state index contributed by atoms with van der Waals surface area (Å²) in [6, 6.07) is 0. The summed E-state index contributed by atoms with van der Waals surface area (Å²) < 4.78 is 36.2. The van der Waals surface area contributed by atoms with Gasteiger partial charge in [0.2, 0.25) is 0 Å². The van der Waals surface area contributed by atoms with Gasteiger partial charge in [0.1, 0.15) is 24.4 Å². The monoisotopic (exact) mass is 494 g/mol. The van der Waals surface area contributed by atoms with Crippen molar-refractivity contribution in [3.8, 4) is 0 Å². The highest BCUT2D eigenvalue weighted by Gasteiger charge is 2.80. The van der Waals surface area contributed by atoms with E-state index in [-0.39, 0.29) is 42.2 Å². The number of epoxide rings is 1. The van der Waals surface area contributed by atoms with Crippen LogP contribution in [0.4, 0.5) is 0 Å². The molecule has 5 aliphatic rings. The molecule has 3 aliphatic heterocycles. The largest absolute Gasteiger partial charge is 0.465 e. The van der Waals surface area contributed by atoms with Crippen LogP contribution >= 0.6 is 0 Å². The van der Waals surface area contributed by atoms with Crippen molar-refractivity contribution in [2.75, 3.05) is 19.8 Å². The van der Waals surface area contributed by atoms with Gasteiger partial charge in [-0.2, -0.15) is 0 Å². The Bertz CT molecular complexity index is 872. The number of carbonyl (C=O) groups excluding carboxylic acids is 3. The van der Waals surface area contributed by atoms with Crippen LogP contribution in [0.3, 0.4) is 0 Å². The van der Waals surface area contributed by atoms with Gasteiger partial charge in [-0.05, 0) is 43.9 Å². The van der Waals surface area contributed by atoms with Crippen molar-refractivity contribution in [1.29, 1.82) is 0 Å². The van der Waals surface area contributed by atoms with Gasteiger partial charge in [-0.15, -0.1) is 0 Å². The van der Waals surface area contributed by atoms with Gasteiger partial charge >= 0.3 is 17.9 Å². The minimum atomic E-state index is -0.885. The Morgan fingerprint density at radius 2 is 1.63 bits per heavy atom. The summed E-state index contributed by atoms with van der Waals surface area (Å²) in [4.78, 5) is 36.4. The topological polar surface area (TPSA) is 110 Å². The van der Waals surface area contributed by atoms with E-state index in [9.17, 15) is 14.4 Å². The van der Waals surface area contributed by atoms with Gasteiger partial charge in [0, 0.05) is 32.1 Å². The van der Waals surface area contributed by atoms with Crippen LogP contribution in [0, 0.1) is 28.6 Å². The van der Waals surface area contributed by atoms with E-state index in [1.165, 1.54) is 20.8 Å². The molecular formula is C26H38O9. The van der Waals surface area contributed by atoms with Crippen LogP contribution in [-0.4, -0.2) is 67.9 Å². The lowest BCUT2D eigenvalue weighted by atomic mass is 9.42. The molecule has 0 radical (unpaired) electrons. The van der Waals surface area contributed by atoms with E-state index >= 15 is 0 Å². The van der Waals surface area contributed by atoms with E-state index < -0.39 is 35.2 Å². The van der Waals surface area contributed by atoms with Crippen LogP contribution in [0.5, 0.6) is 0 Å². The van der Waals surface area contributed by atoms with Gasteiger partial charge in [0.15, 0.2) is 6.29 Å². The molecule has 0 N–H and O–H groups in total. The number of hydrogen-bond donors (Lipinski definition) is 0. The van der Waals surface area contributed by atoms with E-state index in [0.717, 1.165) is 19.4 Å². The first-order valence-electron chi connectivity index (χ1n) is 12.9. The standard InChI is InChI=1S/C26H38O9/c1-14-10-22(34-17(4)29)25(12-31-15(2)27)19(6-7-20(33-16(3)28)26(25)13-32-26)24(14,5)21-11-18-8-9-30-23(18)35-21/h14,18-23H,6-13H2,1-5H3/t14-,18-,19-,20+,21-,22+,23+,24+,25+,26-/m1/s1. The third kappa shape index (κ3) is 3.72. The molecule has 2 saturated carbocycles. The van der Waals surface area contributed by atoms with Crippen molar-refractivity contribution in [2.45, 2.75) is 96.9 Å². The summed E-state index contributed by atoms with van der Waals surface area (Å²) in [6.45, 7) is 9.74. The highest BCUT2D eigenvalue weighted by Crippen LogP contribution is 2.70. The molecule has 1 spiro atoms. The van der Waals surface area contributed by atoms with E-state index in [4.69, 9.17) is 28.4 Å². The molecule has 0 aromatic heterocycles. The lowest BCUT2D eigenvalue weighted by Gasteiger charge is -2.64. The second-order valence-electron chi connectivity index (χ2n) is 11.5. The van der Waals surface area contributed by atoms with Crippen LogP contribution < -0.4 is 0 Å². The lowest BCUT2D eigenvalue weighted by Crippen LogP contribution is -2.72. The molecule has 196 valence electrons. The molecule has 2 aliphatic carbocycles. The molecule has 3 saturated heterocycles. The van der Waals surface area contributed by atoms with Crippen molar-refractivity contribution in [1.82, 2.24) is 0 Å². The first-order chi connectivity index (χ1) is 16.5. The number of rotatable bonds is 5. The molecule has 5 rings (SSSR count). The SMILES string of the molecule is CC(=O)OC[C@@]12[C@@H](OC(C)=O)C[C@@H](C)[C@](C)([C@H]3C[C@H]4CCO[C@H]4O3)[C@H]1CC[C@H](OC(C)=O)[C@]21CO1. The van der Waals surface area contributed by atoms with Crippen LogP contribution in [0.25, 0.3) is 0 Å². The van der Waals surface area contributed by atoms with Gasteiger partial charge in [-0.1, -0.05) is 13.8 Å². The van der Waals surface area contributed by atoms with Crippen molar-refractivity contribution < 1.29 is 42.8 Å². The fraction of sp³-hybridized carbons (Fsp3) is 0.885. The Labute approximate surface area is 206 Å². The number of fused-ring (bicyclic) bond motifs is 3. The quantitative estimate of drug-likeness (QED) is 0.324. The van der Waals surface area contributed by atoms with Gasteiger partial charge in [0.05, 0.1) is 24.7 Å². The smallest absolute Gasteiger partial charge is 0.303 e. The van der Waals surface area contributed by atoms with Gasteiger partial charge < -0.3 is 28.4 Å². The highest BCUT2D eigenvalue weighted by molar-refractivity contribution is 5.67. The summed E-state index contributed by atoms with van der Waals surface area (Å²) in [6.07, 6.45) is 2.52. The van der Waals surface area contributed by atoms with E-state index in [1.54, 1.807) is 0 Å². The second-order valence-corrected chi connectivity index (χ2v) is 11.5. The molecule has 10 atom stereocenters. The predicted molar refractivity (Wildman–Crippen MR) is 121 cm³/mol. The Kier molecular flexibility index (Phi) is 6.20. The van der Waals surface area contributed by atoms with Gasteiger partial charge in [-0.25, -0.2) is 0 Å². The fourth-order valence-corrected chi connectivity index (χ4v) is 8.09. The molecule has 0 unspecified atom stereocenters. The second kappa shape index (κ2) is 8.70. The highest BCUT2D eigenvalue weighted by atomic mass is 16.7. The molecule has 0 bridgehead atoms. The minimum Gasteiger partial charge on any atom is -0.465 e. The maximum Gasteiger partial charge on any atom is 0.303 e. The van der Waals surface area contributed by atoms with Crippen molar-refractivity contribution in [3.05, 3.63) is 0 Å². The van der Waals surface area contributed by atoms with Crippen LogP contribution in [0.15, 0.2) is 0 Å². The Morgan fingerprint density at radius 3 is 2.23 bits per heavy atom. The molecule has 35 heavy (non-hydrogen) atoms. The molecule has 0 aromatic carbocycles. The summed E-state index contributed by atoms with van der Waals surface area (Å²) in [5, 5.41) is 0. The normalized spacial score (nSPS) is 48.1. The number of esters is 3. The Hall–Kier alpha value is -1.71. The third-order valence-electron chi connectivity index (χ3n) is 9.85. The molecule has 3 heterocycles. The predicted octanol–water partition coefficient (Wildman–Crippen LogP) is 2.78. The Balaban J connectivity index is 1.61. The first-order valence-corrected chi connectivity index (χ1v) is 12.9. The zero-order chi connectivity index (χ0) is 25.2. The van der Waals surface area contributed by atoms with Crippen LogP contribution in [0.1, 0.15) is 66.7 Å². The number of carbonyl (C=O) groups is 3. The van der Waals surface area contributed by atoms with Crippen molar-refractivity contribution >= 4 is 17.9 Å². The molecule has 5 fully saturated rings. The summed E-state index contributed by atoms with van der Waals surface area (Å²) >= 11 is 0. The fourth-order valence-electron chi connectivity index (χ4n) is 8.09. The third-order valence-corrected chi connectivity index (χ3v) is 9.85. The molecule has 0 amide bonds. The van der Waals surface area contributed by atoms with Crippen LogP contribution in [-0.2, 0) is 42.8 Å². The molecule has 0 aromatic rings. The summed E-state index contributed by atoms with van der Waals surface area (Å²) in [7, 11) is 0. The van der Waals surface area contributed by atoms with Crippen LogP contribution in [0.2, 0.25) is 0 Å². The maximum atomic E-state index is 12.3. The minimum absolute atomic E-state index is 0.0289. The zero-order valence-corrected chi connectivity index (χ0v) is 21.4. The van der Waals surface area contributed by atoms with E-state index in [1.807, 2.05) is 0 Å². The lowest BCUT2D eigenvalue weighted by molar-refractivity contribution is -0.270. The van der Waals surface area contributed by atoms with Crippen molar-refractivity contribution in [3.63, 3.8) is 0 Å². The molecular weight excluding hydrogens is 456 g/mol. The van der Waals surface area contributed by atoms with E-state index in [0.29, 0.717) is 31.8 Å². The zero-order valence-electron chi connectivity index (χ0n) is 21.4. The summed E-state index contributed by atoms with van der Waals surface area (Å²) in [5.74, 6) is -0.705. The van der Waals surface area contributed by atoms with Gasteiger partial charge in [-0.3, -0.25) is 14.4 Å². The number of hydrogen-bond acceptors (Lipinski definition) is 9.